The van der Waals surface area contributed by atoms with Gasteiger partial charge in [-0.15, -0.1) is 0 Å². The van der Waals surface area contributed by atoms with Gasteiger partial charge >= 0.3 is 0 Å². The lowest BCUT2D eigenvalue weighted by Crippen LogP contribution is -2.54. The van der Waals surface area contributed by atoms with Crippen LogP contribution in [0.15, 0.2) is 4.99 Å². The number of likely N-dealkylation sites (tertiary alicyclic amines) is 1. The molecule has 0 radical (unpaired) electrons. The van der Waals surface area contributed by atoms with Gasteiger partial charge in [-0.2, -0.15) is 0 Å². The van der Waals surface area contributed by atoms with E-state index in [0.29, 0.717) is 5.41 Å². The lowest BCUT2D eigenvalue weighted by molar-refractivity contribution is -0.0858. The van der Waals surface area contributed by atoms with E-state index in [1.807, 2.05) is 14.2 Å². The first-order chi connectivity index (χ1) is 11.1. The van der Waals surface area contributed by atoms with Crippen molar-refractivity contribution in [3.8, 4) is 0 Å². The van der Waals surface area contributed by atoms with E-state index in [9.17, 15) is 0 Å². The Morgan fingerprint density at radius 3 is 2.65 bits per heavy atom. The molecule has 2 saturated heterocycles. The number of rotatable bonds is 5. The summed E-state index contributed by atoms with van der Waals surface area (Å²) in [5, 5.41) is 3.58. The molecule has 2 fully saturated rings. The minimum absolute atomic E-state index is 0.114. The predicted molar refractivity (Wildman–Crippen MR) is 95.0 cm³/mol. The summed E-state index contributed by atoms with van der Waals surface area (Å²) in [6.07, 6.45) is 7.01. The van der Waals surface area contributed by atoms with Gasteiger partial charge < -0.3 is 19.7 Å². The van der Waals surface area contributed by atoms with E-state index in [-0.39, 0.29) is 5.60 Å². The molecule has 2 heterocycles. The lowest BCUT2D eigenvalue weighted by Gasteiger charge is -2.43. The average molecular weight is 325 g/mol. The number of hydrogen-bond acceptors (Lipinski definition) is 3. The summed E-state index contributed by atoms with van der Waals surface area (Å²) in [6.45, 7) is 9.28. The third-order valence-electron chi connectivity index (χ3n) is 5.55. The Balaban J connectivity index is 1.94. The molecule has 0 aromatic heterocycles. The van der Waals surface area contributed by atoms with Crippen LogP contribution in [0.2, 0.25) is 0 Å². The van der Waals surface area contributed by atoms with Gasteiger partial charge in [0, 0.05) is 59.8 Å². The van der Waals surface area contributed by atoms with Gasteiger partial charge in [0.1, 0.15) is 0 Å². The summed E-state index contributed by atoms with van der Waals surface area (Å²) < 4.78 is 11.3. The normalized spacial score (nSPS) is 28.7. The van der Waals surface area contributed by atoms with Crippen LogP contribution in [-0.4, -0.2) is 63.5 Å². The van der Waals surface area contributed by atoms with Crippen LogP contribution < -0.4 is 5.32 Å². The molecule has 0 amide bonds. The van der Waals surface area contributed by atoms with Gasteiger partial charge in [0.2, 0.25) is 0 Å². The molecule has 1 N–H and O–H groups in total. The molecule has 1 unspecified atom stereocenters. The molecule has 0 saturated carbocycles. The number of guanidine groups is 1. The SMILES string of the molecule is CCCC1(C)CCCN(C(=NC)NCC2(OC)CCOCC2)C1. The Bertz CT molecular complexity index is 390. The zero-order valence-corrected chi connectivity index (χ0v) is 15.5. The zero-order valence-electron chi connectivity index (χ0n) is 15.5. The summed E-state index contributed by atoms with van der Waals surface area (Å²) in [5.41, 5.74) is 0.305. The van der Waals surface area contributed by atoms with Crippen LogP contribution >= 0.6 is 0 Å². The molecule has 2 rings (SSSR count). The van der Waals surface area contributed by atoms with Crippen LogP contribution in [0.3, 0.4) is 0 Å². The van der Waals surface area contributed by atoms with E-state index in [1.54, 1.807) is 0 Å². The number of hydrogen-bond donors (Lipinski definition) is 1. The van der Waals surface area contributed by atoms with Crippen molar-refractivity contribution in [3.05, 3.63) is 0 Å². The Labute approximate surface area is 141 Å². The molecule has 134 valence electrons. The van der Waals surface area contributed by atoms with Gasteiger partial charge in [0.05, 0.1) is 5.60 Å². The minimum Gasteiger partial charge on any atom is -0.381 e. The number of nitrogens with one attached hydrogen (secondary N) is 1. The quantitative estimate of drug-likeness (QED) is 0.623. The van der Waals surface area contributed by atoms with Gasteiger partial charge in [-0.1, -0.05) is 20.3 Å². The summed E-state index contributed by atoms with van der Waals surface area (Å²) in [4.78, 5) is 6.96. The number of piperidine rings is 1. The summed E-state index contributed by atoms with van der Waals surface area (Å²) in [5.74, 6) is 1.02. The van der Waals surface area contributed by atoms with Gasteiger partial charge in [-0.25, -0.2) is 0 Å². The maximum atomic E-state index is 5.82. The topological polar surface area (TPSA) is 46.1 Å². The first-order valence-corrected chi connectivity index (χ1v) is 9.15. The standard InChI is InChI=1S/C18H35N3O2/c1-5-7-17(2)8-6-11-21(15-17)16(19-3)20-14-18(22-4)9-12-23-13-10-18/h5-15H2,1-4H3,(H,19,20). The Morgan fingerprint density at radius 1 is 1.30 bits per heavy atom. The highest BCUT2D eigenvalue weighted by molar-refractivity contribution is 5.80. The van der Waals surface area contributed by atoms with Crippen LogP contribution in [0.4, 0.5) is 0 Å². The smallest absolute Gasteiger partial charge is 0.193 e. The van der Waals surface area contributed by atoms with E-state index < -0.39 is 0 Å². The largest absolute Gasteiger partial charge is 0.381 e. The van der Waals surface area contributed by atoms with Crippen LogP contribution in [-0.2, 0) is 9.47 Å². The molecule has 0 aromatic carbocycles. The van der Waals surface area contributed by atoms with E-state index in [0.717, 1.165) is 51.6 Å². The highest BCUT2D eigenvalue weighted by Gasteiger charge is 2.35. The second-order valence-corrected chi connectivity index (χ2v) is 7.49. The molecule has 5 heteroatoms. The Hall–Kier alpha value is -0.810. The van der Waals surface area contributed by atoms with Crippen molar-refractivity contribution in [2.75, 3.05) is 47.0 Å². The monoisotopic (exact) mass is 325 g/mol. The second-order valence-electron chi connectivity index (χ2n) is 7.49. The van der Waals surface area contributed by atoms with Crippen LogP contribution in [0.5, 0.6) is 0 Å². The number of ether oxygens (including phenoxy) is 2. The highest BCUT2D eigenvalue weighted by Crippen LogP contribution is 2.34. The fourth-order valence-electron chi connectivity index (χ4n) is 4.07. The van der Waals surface area contributed by atoms with E-state index >= 15 is 0 Å². The molecule has 2 aliphatic rings. The molecular weight excluding hydrogens is 290 g/mol. The van der Waals surface area contributed by atoms with Gasteiger partial charge in [0.25, 0.3) is 0 Å². The second kappa shape index (κ2) is 8.34. The van der Waals surface area contributed by atoms with Crippen molar-refractivity contribution >= 4 is 5.96 Å². The first-order valence-electron chi connectivity index (χ1n) is 9.15. The van der Waals surface area contributed by atoms with Crippen LogP contribution in [0, 0.1) is 5.41 Å². The molecule has 0 bridgehead atoms. The maximum absolute atomic E-state index is 5.82. The molecule has 0 aromatic rings. The fraction of sp³-hybridized carbons (Fsp3) is 0.944. The molecule has 0 aliphatic carbocycles. The van der Waals surface area contributed by atoms with E-state index in [1.165, 1.54) is 25.7 Å². The average Bonchev–Trinajstić information content (AvgIpc) is 2.56. The predicted octanol–water partition coefficient (Wildman–Crippen LogP) is 2.66. The van der Waals surface area contributed by atoms with Crippen molar-refractivity contribution in [2.24, 2.45) is 10.4 Å². The number of methoxy groups -OCH3 is 1. The van der Waals surface area contributed by atoms with Crippen molar-refractivity contribution in [3.63, 3.8) is 0 Å². The molecule has 5 nitrogen and oxygen atoms in total. The first kappa shape index (κ1) is 18.5. The lowest BCUT2D eigenvalue weighted by atomic mass is 9.78. The maximum Gasteiger partial charge on any atom is 0.193 e. The number of nitrogens with zero attached hydrogens (tertiary/aromatic N) is 2. The summed E-state index contributed by atoms with van der Waals surface area (Å²) in [6, 6.07) is 0. The van der Waals surface area contributed by atoms with Crippen molar-refractivity contribution in [1.29, 1.82) is 0 Å². The fourth-order valence-corrected chi connectivity index (χ4v) is 4.07. The van der Waals surface area contributed by atoms with Crippen molar-refractivity contribution < 1.29 is 9.47 Å². The molecule has 23 heavy (non-hydrogen) atoms. The summed E-state index contributed by atoms with van der Waals surface area (Å²) in [7, 11) is 3.70. The van der Waals surface area contributed by atoms with Gasteiger partial charge in [-0.3, -0.25) is 4.99 Å². The van der Waals surface area contributed by atoms with Gasteiger partial charge in [0.15, 0.2) is 5.96 Å². The minimum atomic E-state index is -0.114. The Morgan fingerprint density at radius 2 is 2.04 bits per heavy atom. The third-order valence-corrected chi connectivity index (χ3v) is 5.55. The van der Waals surface area contributed by atoms with Crippen molar-refractivity contribution in [1.82, 2.24) is 10.2 Å². The third kappa shape index (κ3) is 4.83. The number of aliphatic imine (C=N–C) groups is 1. The Kier molecular flexibility index (Phi) is 6.72. The molecular formula is C18H35N3O2. The van der Waals surface area contributed by atoms with Gasteiger partial charge in [-0.05, 0) is 24.7 Å². The molecule has 2 aliphatic heterocycles. The van der Waals surface area contributed by atoms with E-state index in [2.05, 4.69) is 29.1 Å². The van der Waals surface area contributed by atoms with E-state index in [4.69, 9.17) is 9.47 Å². The van der Waals surface area contributed by atoms with Crippen LogP contribution in [0.1, 0.15) is 52.4 Å². The van der Waals surface area contributed by atoms with Crippen LogP contribution in [0.25, 0.3) is 0 Å². The molecule has 0 spiro atoms. The zero-order chi connectivity index (χ0) is 16.8. The highest BCUT2D eigenvalue weighted by atomic mass is 16.5. The van der Waals surface area contributed by atoms with Crippen molar-refractivity contribution in [2.45, 2.75) is 58.0 Å². The molecule has 1 atom stereocenters. The summed E-state index contributed by atoms with van der Waals surface area (Å²) >= 11 is 0.